The van der Waals surface area contributed by atoms with Gasteiger partial charge in [0.25, 0.3) is 0 Å². The van der Waals surface area contributed by atoms with Crippen molar-refractivity contribution in [2.45, 2.75) is 13.8 Å². The minimum absolute atomic E-state index is 0.429. The molecule has 0 aromatic heterocycles. The van der Waals surface area contributed by atoms with Crippen molar-refractivity contribution >= 4 is 5.71 Å². The van der Waals surface area contributed by atoms with Crippen LogP contribution >= 0.6 is 0 Å². The van der Waals surface area contributed by atoms with Crippen LogP contribution in [0.5, 0.6) is 0 Å². The molecule has 1 rings (SSSR count). The fraction of sp³-hybridized carbons (Fsp3) is 0.500. The molecule has 2 nitrogen and oxygen atoms in total. The van der Waals surface area contributed by atoms with Gasteiger partial charge in [-0.15, -0.1) is 0 Å². The standard InChI is InChI=1S/C8H10N2/c1-6-3-8(4-9)7(2)10-5-6/h3,6H,5H2,1-2H3. The monoisotopic (exact) mass is 134 g/mol. The van der Waals surface area contributed by atoms with E-state index in [1.165, 1.54) is 0 Å². The zero-order valence-corrected chi connectivity index (χ0v) is 6.26. The molecule has 0 saturated carbocycles. The smallest absolute Gasteiger partial charge is 0.101 e. The second-order valence-corrected chi connectivity index (χ2v) is 2.60. The molecular weight excluding hydrogens is 124 g/mol. The summed E-state index contributed by atoms with van der Waals surface area (Å²) in [5.74, 6) is 0.429. The van der Waals surface area contributed by atoms with Gasteiger partial charge in [-0.25, -0.2) is 0 Å². The second kappa shape index (κ2) is 2.66. The van der Waals surface area contributed by atoms with Gasteiger partial charge in [-0.1, -0.05) is 13.0 Å². The van der Waals surface area contributed by atoms with E-state index in [2.05, 4.69) is 18.0 Å². The van der Waals surface area contributed by atoms with E-state index in [9.17, 15) is 0 Å². The molecule has 1 unspecified atom stereocenters. The third-order valence-electron chi connectivity index (χ3n) is 1.58. The van der Waals surface area contributed by atoms with Gasteiger partial charge in [-0.2, -0.15) is 5.26 Å². The normalized spacial score (nSPS) is 24.7. The van der Waals surface area contributed by atoms with Gasteiger partial charge in [0.05, 0.1) is 5.57 Å². The van der Waals surface area contributed by atoms with Crippen LogP contribution in [0.1, 0.15) is 13.8 Å². The number of hydrogen-bond donors (Lipinski definition) is 0. The summed E-state index contributed by atoms with van der Waals surface area (Å²) in [6, 6.07) is 2.11. The Kier molecular flexibility index (Phi) is 1.86. The zero-order valence-electron chi connectivity index (χ0n) is 6.26. The average molecular weight is 134 g/mol. The van der Waals surface area contributed by atoms with E-state index < -0.39 is 0 Å². The topological polar surface area (TPSA) is 36.1 Å². The van der Waals surface area contributed by atoms with Crippen LogP contribution in [0.15, 0.2) is 16.6 Å². The molecule has 0 spiro atoms. The number of dihydropyridines is 1. The summed E-state index contributed by atoms with van der Waals surface area (Å²) in [6.45, 7) is 4.77. The minimum Gasteiger partial charge on any atom is -0.288 e. The van der Waals surface area contributed by atoms with Crippen molar-refractivity contribution in [2.75, 3.05) is 6.54 Å². The highest BCUT2D eigenvalue weighted by molar-refractivity contribution is 6.02. The molecule has 1 atom stereocenters. The molecule has 0 aliphatic carbocycles. The fourth-order valence-corrected chi connectivity index (χ4v) is 0.942. The van der Waals surface area contributed by atoms with Gasteiger partial charge in [0, 0.05) is 12.3 Å². The summed E-state index contributed by atoms with van der Waals surface area (Å²) < 4.78 is 0. The predicted molar refractivity (Wildman–Crippen MR) is 40.8 cm³/mol. The van der Waals surface area contributed by atoms with Gasteiger partial charge in [0.15, 0.2) is 0 Å². The van der Waals surface area contributed by atoms with Crippen LogP contribution < -0.4 is 0 Å². The molecule has 0 fully saturated rings. The molecular formula is C8H10N2. The summed E-state index contributed by atoms with van der Waals surface area (Å²) >= 11 is 0. The van der Waals surface area contributed by atoms with E-state index in [0.717, 1.165) is 17.8 Å². The first-order chi connectivity index (χ1) is 4.74. The van der Waals surface area contributed by atoms with E-state index in [-0.39, 0.29) is 0 Å². The molecule has 0 bridgehead atoms. The van der Waals surface area contributed by atoms with Crippen molar-refractivity contribution in [3.8, 4) is 6.07 Å². The van der Waals surface area contributed by atoms with Crippen LogP contribution in [0.2, 0.25) is 0 Å². The summed E-state index contributed by atoms with van der Waals surface area (Å²) in [4.78, 5) is 4.19. The summed E-state index contributed by atoms with van der Waals surface area (Å²) in [5, 5.41) is 8.58. The second-order valence-electron chi connectivity index (χ2n) is 2.60. The largest absolute Gasteiger partial charge is 0.288 e. The Morgan fingerprint density at radius 2 is 2.50 bits per heavy atom. The minimum atomic E-state index is 0.429. The van der Waals surface area contributed by atoms with Crippen molar-refractivity contribution < 1.29 is 0 Å². The lowest BCUT2D eigenvalue weighted by atomic mass is 10.0. The summed E-state index contributed by atoms with van der Waals surface area (Å²) in [5.41, 5.74) is 1.61. The maximum Gasteiger partial charge on any atom is 0.101 e. The maximum absolute atomic E-state index is 8.58. The van der Waals surface area contributed by atoms with Crippen LogP contribution in [-0.4, -0.2) is 12.3 Å². The lowest BCUT2D eigenvalue weighted by Crippen LogP contribution is -2.09. The highest BCUT2D eigenvalue weighted by Gasteiger charge is 2.08. The number of aliphatic imine (C=N–C) groups is 1. The van der Waals surface area contributed by atoms with E-state index >= 15 is 0 Å². The molecule has 2 heteroatoms. The molecule has 52 valence electrons. The van der Waals surface area contributed by atoms with Crippen LogP contribution in [0.25, 0.3) is 0 Å². The van der Waals surface area contributed by atoms with Crippen molar-refractivity contribution in [3.05, 3.63) is 11.6 Å². The molecule has 0 N–H and O–H groups in total. The van der Waals surface area contributed by atoms with Gasteiger partial charge in [-0.05, 0) is 12.8 Å². The van der Waals surface area contributed by atoms with Crippen LogP contribution in [0.4, 0.5) is 0 Å². The third-order valence-corrected chi connectivity index (χ3v) is 1.58. The van der Waals surface area contributed by atoms with Crippen molar-refractivity contribution in [1.29, 1.82) is 5.26 Å². The van der Waals surface area contributed by atoms with E-state index in [0.29, 0.717) is 5.92 Å². The number of nitriles is 1. The van der Waals surface area contributed by atoms with Gasteiger partial charge in [0.2, 0.25) is 0 Å². The Morgan fingerprint density at radius 3 is 3.00 bits per heavy atom. The van der Waals surface area contributed by atoms with Gasteiger partial charge in [0.1, 0.15) is 6.07 Å². The highest BCUT2D eigenvalue weighted by atomic mass is 14.7. The van der Waals surface area contributed by atoms with E-state index in [1.807, 2.05) is 13.0 Å². The van der Waals surface area contributed by atoms with Crippen molar-refractivity contribution in [3.63, 3.8) is 0 Å². The van der Waals surface area contributed by atoms with Gasteiger partial charge >= 0.3 is 0 Å². The fourth-order valence-electron chi connectivity index (χ4n) is 0.942. The number of rotatable bonds is 0. The molecule has 0 amide bonds. The SMILES string of the molecule is CC1=NCC(C)C=C1C#N. The third kappa shape index (κ3) is 1.24. The van der Waals surface area contributed by atoms with Crippen molar-refractivity contribution in [2.24, 2.45) is 10.9 Å². The van der Waals surface area contributed by atoms with Crippen LogP contribution in [0, 0.1) is 17.2 Å². The first-order valence-electron chi connectivity index (χ1n) is 3.37. The average Bonchev–Trinajstić information content (AvgIpc) is 1.94. The molecule has 1 heterocycles. The first kappa shape index (κ1) is 7.01. The predicted octanol–water partition coefficient (Wildman–Crippen LogP) is 1.55. The Bertz CT molecular complexity index is 230. The van der Waals surface area contributed by atoms with Crippen molar-refractivity contribution in [1.82, 2.24) is 0 Å². The van der Waals surface area contributed by atoms with E-state index in [1.54, 1.807) is 0 Å². The quantitative estimate of drug-likeness (QED) is 0.495. The lowest BCUT2D eigenvalue weighted by molar-refractivity contribution is 0.729. The Labute approximate surface area is 60.9 Å². The molecule has 0 aromatic carbocycles. The van der Waals surface area contributed by atoms with E-state index in [4.69, 9.17) is 5.26 Å². The molecule has 0 radical (unpaired) electrons. The Morgan fingerprint density at radius 1 is 1.80 bits per heavy atom. The van der Waals surface area contributed by atoms with Crippen LogP contribution in [0.3, 0.4) is 0 Å². The molecule has 10 heavy (non-hydrogen) atoms. The number of hydrogen-bond acceptors (Lipinski definition) is 2. The summed E-state index contributed by atoms with van der Waals surface area (Å²) in [6.07, 6.45) is 1.97. The zero-order chi connectivity index (χ0) is 7.56. The number of allylic oxidation sites excluding steroid dienone is 1. The van der Waals surface area contributed by atoms with Gasteiger partial charge in [-0.3, -0.25) is 4.99 Å². The maximum atomic E-state index is 8.58. The lowest BCUT2D eigenvalue weighted by Gasteiger charge is -2.10. The molecule has 0 saturated heterocycles. The Balaban J connectivity index is 2.87. The summed E-state index contributed by atoms with van der Waals surface area (Å²) in [7, 11) is 0. The molecule has 1 aliphatic rings. The highest BCUT2D eigenvalue weighted by Crippen LogP contribution is 2.10. The first-order valence-corrected chi connectivity index (χ1v) is 3.37. The Hall–Kier alpha value is -1.10. The molecule has 0 aromatic rings. The number of nitrogens with zero attached hydrogens (tertiary/aromatic N) is 2. The van der Waals surface area contributed by atoms with Gasteiger partial charge < -0.3 is 0 Å². The molecule has 1 aliphatic heterocycles. The van der Waals surface area contributed by atoms with Crippen LogP contribution in [-0.2, 0) is 0 Å².